The van der Waals surface area contributed by atoms with E-state index >= 15 is 0 Å². The predicted octanol–water partition coefficient (Wildman–Crippen LogP) is 4.79. The number of methoxy groups -OCH3 is 1. The van der Waals surface area contributed by atoms with Crippen molar-refractivity contribution < 1.29 is 9.84 Å². The van der Waals surface area contributed by atoms with Crippen LogP contribution in [-0.2, 0) is 0 Å². The summed E-state index contributed by atoms with van der Waals surface area (Å²) in [5.74, 6) is 1.61. The average molecular weight is 328 g/mol. The summed E-state index contributed by atoms with van der Waals surface area (Å²) in [7, 11) is 1.70. The molecule has 0 aliphatic rings. The number of rotatable bonds is 7. The van der Waals surface area contributed by atoms with Crippen LogP contribution in [0.1, 0.15) is 27.5 Å². The Hall–Kier alpha value is -1.71. The maximum absolute atomic E-state index is 9.13. The van der Waals surface area contributed by atoms with Crippen LogP contribution in [0, 0.1) is 13.8 Å². The van der Waals surface area contributed by atoms with Gasteiger partial charge >= 0.3 is 0 Å². The molecule has 1 N–H and O–H groups in total. The zero-order chi connectivity index (χ0) is 16.7. The summed E-state index contributed by atoms with van der Waals surface area (Å²) in [4.78, 5) is 0. The predicted molar refractivity (Wildman–Crippen MR) is 100 cm³/mol. The molecule has 2 nitrogen and oxygen atoms in total. The number of aryl methyl sites for hydroxylation is 2. The molecule has 1 unspecified atom stereocenters. The van der Waals surface area contributed by atoms with E-state index in [1.165, 1.54) is 16.7 Å². The molecule has 1 atom stereocenters. The molecule has 0 heterocycles. The minimum absolute atomic E-state index is 0.189. The SMILES string of the molecule is COc1cc(C)c(C)cc1/C=C/C(SCCO)c1ccccc1. The number of benzene rings is 2. The summed E-state index contributed by atoms with van der Waals surface area (Å²) >= 11 is 1.74. The fourth-order valence-electron chi connectivity index (χ4n) is 2.40. The fourth-order valence-corrected chi connectivity index (χ4v) is 3.29. The molecule has 0 amide bonds. The average Bonchev–Trinajstić information content (AvgIpc) is 2.58. The van der Waals surface area contributed by atoms with Gasteiger partial charge in [0.2, 0.25) is 0 Å². The Labute approximate surface area is 143 Å². The number of ether oxygens (including phenoxy) is 1. The van der Waals surface area contributed by atoms with Gasteiger partial charge in [-0.05, 0) is 42.7 Å². The van der Waals surface area contributed by atoms with Gasteiger partial charge in [0, 0.05) is 16.6 Å². The van der Waals surface area contributed by atoms with Gasteiger partial charge in [-0.25, -0.2) is 0 Å². The van der Waals surface area contributed by atoms with Crippen LogP contribution in [0.15, 0.2) is 48.5 Å². The maximum Gasteiger partial charge on any atom is 0.126 e. The third-order valence-corrected chi connectivity index (χ3v) is 5.02. The topological polar surface area (TPSA) is 29.5 Å². The van der Waals surface area contributed by atoms with Gasteiger partial charge in [0.25, 0.3) is 0 Å². The first kappa shape index (κ1) is 17.6. The van der Waals surface area contributed by atoms with Crippen molar-refractivity contribution in [3.63, 3.8) is 0 Å². The van der Waals surface area contributed by atoms with E-state index in [1.54, 1.807) is 18.9 Å². The molecule has 122 valence electrons. The molecule has 0 fully saturated rings. The minimum atomic E-state index is 0.189. The fraction of sp³-hybridized carbons (Fsp3) is 0.300. The molecule has 3 heteroatoms. The van der Waals surface area contributed by atoms with Crippen LogP contribution in [0.4, 0.5) is 0 Å². The first-order valence-corrected chi connectivity index (χ1v) is 8.81. The van der Waals surface area contributed by atoms with E-state index in [0.717, 1.165) is 11.3 Å². The van der Waals surface area contributed by atoms with Crippen LogP contribution in [0.3, 0.4) is 0 Å². The van der Waals surface area contributed by atoms with E-state index in [1.807, 2.05) is 18.2 Å². The van der Waals surface area contributed by atoms with Crippen LogP contribution in [0.25, 0.3) is 6.08 Å². The van der Waals surface area contributed by atoms with Gasteiger partial charge in [0.1, 0.15) is 5.75 Å². The van der Waals surface area contributed by atoms with E-state index < -0.39 is 0 Å². The molecule has 0 saturated carbocycles. The molecule has 0 aliphatic carbocycles. The second kappa shape index (κ2) is 8.80. The first-order chi connectivity index (χ1) is 11.2. The van der Waals surface area contributed by atoms with Crippen LogP contribution >= 0.6 is 11.8 Å². The van der Waals surface area contributed by atoms with E-state index in [4.69, 9.17) is 9.84 Å². The normalized spacial score (nSPS) is 12.5. The van der Waals surface area contributed by atoms with Crippen molar-refractivity contribution in [2.45, 2.75) is 19.1 Å². The Morgan fingerprint density at radius 3 is 2.48 bits per heavy atom. The van der Waals surface area contributed by atoms with Crippen LogP contribution in [0.5, 0.6) is 5.75 Å². The highest BCUT2D eigenvalue weighted by Gasteiger charge is 2.09. The summed E-state index contributed by atoms with van der Waals surface area (Å²) < 4.78 is 5.50. The Morgan fingerprint density at radius 2 is 1.83 bits per heavy atom. The molecular formula is C20H24O2S. The lowest BCUT2D eigenvalue weighted by molar-refractivity contribution is 0.322. The highest BCUT2D eigenvalue weighted by molar-refractivity contribution is 7.99. The Balaban J connectivity index is 2.28. The number of hydrogen-bond donors (Lipinski definition) is 1. The van der Waals surface area contributed by atoms with Crippen molar-refractivity contribution in [1.82, 2.24) is 0 Å². The van der Waals surface area contributed by atoms with Gasteiger partial charge in [-0.2, -0.15) is 0 Å². The van der Waals surface area contributed by atoms with Crippen LogP contribution in [-0.4, -0.2) is 24.6 Å². The molecule has 0 spiro atoms. The van der Waals surface area contributed by atoms with Gasteiger partial charge in [-0.15, -0.1) is 11.8 Å². The van der Waals surface area contributed by atoms with Gasteiger partial charge in [0.15, 0.2) is 0 Å². The molecular weight excluding hydrogens is 304 g/mol. The second-order valence-electron chi connectivity index (χ2n) is 5.46. The lowest BCUT2D eigenvalue weighted by Crippen LogP contribution is -1.95. The van der Waals surface area contributed by atoms with E-state index in [9.17, 15) is 0 Å². The summed E-state index contributed by atoms with van der Waals surface area (Å²) in [6.07, 6.45) is 4.30. The summed E-state index contributed by atoms with van der Waals surface area (Å²) in [5.41, 5.74) is 4.81. The lowest BCUT2D eigenvalue weighted by atomic mass is 10.0. The molecule has 0 bridgehead atoms. The van der Waals surface area contributed by atoms with E-state index in [-0.39, 0.29) is 11.9 Å². The highest BCUT2D eigenvalue weighted by atomic mass is 32.2. The van der Waals surface area contributed by atoms with E-state index in [2.05, 4.69) is 50.3 Å². The molecule has 2 rings (SSSR count). The van der Waals surface area contributed by atoms with Crippen molar-refractivity contribution in [3.8, 4) is 5.75 Å². The molecule has 0 aliphatic heterocycles. The highest BCUT2D eigenvalue weighted by Crippen LogP contribution is 2.32. The molecule has 23 heavy (non-hydrogen) atoms. The van der Waals surface area contributed by atoms with Crippen molar-refractivity contribution in [2.75, 3.05) is 19.5 Å². The smallest absolute Gasteiger partial charge is 0.126 e. The van der Waals surface area contributed by atoms with Crippen molar-refractivity contribution in [3.05, 3.63) is 70.8 Å². The quantitative estimate of drug-likeness (QED) is 0.792. The van der Waals surface area contributed by atoms with Crippen molar-refractivity contribution >= 4 is 17.8 Å². The summed E-state index contributed by atoms with van der Waals surface area (Å²) in [6, 6.07) is 14.6. The van der Waals surface area contributed by atoms with Gasteiger partial charge in [-0.3, -0.25) is 0 Å². The maximum atomic E-state index is 9.13. The molecule has 2 aromatic carbocycles. The zero-order valence-corrected chi connectivity index (χ0v) is 14.8. The molecule has 0 aromatic heterocycles. The molecule has 0 radical (unpaired) electrons. The van der Waals surface area contributed by atoms with Gasteiger partial charge < -0.3 is 9.84 Å². The number of hydrogen-bond acceptors (Lipinski definition) is 3. The van der Waals surface area contributed by atoms with E-state index in [0.29, 0.717) is 5.75 Å². The number of aliphatic hydroxyl groups excluding tert-OH is 1. The van der Waals surface area contributed by atoms with Crippen molar-refractivity contribution in [2.24, 2.45) is 0 Å². The summed E-state index contributed by atoms with van der Waals surface area (Å²) in [6.45, 7) is 4.39. The van der Waals surface area contributed by atoms with Crippen LogP contribution in [0.2, 0.25) is 0 Å². The summed E-state index contributed by atoms with van der Waals surface area (Å²) in [5, 5.41) is 9.35. The third kappa shape index (κ3) is 4.88. The second-order valence-corrected chi connectivity index (χ2v) is 6.71. The largest absolute Gasteiger partial charge is 0.496 e. The minimum Gasteiger partial charge on any atom is -0.496 e. The standard InChI is InChI=1S/C20H24O2S/c1-15-13-18(19(22-3)14-16(15)2)9-10-20(23-12-11-21)17-7-5-4-6-8-17/h4-10,13-14,20-21H,11-12H2,1-3H3/b10-9+. The Kier molecular flexibility index (Phi) is 6.75. The Bertz CT molecular complexity index is 650. The monoisotopic (exact) mass is 328 g/mol. The van der Waals surface area contributed by atoms with Crippen molar-refractivity contribution in [1.29, 1.82) is 0 Å². The van der Waals surface area contributed by atoms with Gasteiger partial charge in [-0.1, -0.05) is 42.5 Å². The Morgan fingerprint density at radius 1 is 1.13 bits per heavy atom. The zero-order valence-electron chi connectivity index (χ0n) is 14.0. The molecule has 0 saturated heterocycles. The number of thioether (sulfide) groups is 1. The van der Waals surface area contributed by atoms with Crippen LogP contribution < -0.4 is 4.74 Å². The molecule has 2 aromatic rings. The number of aliphatic hydroxyl groups is 1. The first-order valence-electron chi connectivity index (χ1n) is 7.76. The lowest BCUT2D eigenvalue weighted by Gasteiger charge is -2.13. The van der Waals surface area contributed by atoms with Gasteiger partial charge in [0.05, 0.1) is 13.7 Å². The third-order valence-electron chi connectivity index (χ3n) is 3.81.